The number of hydrogen-bond acceptors (Lipinski definition) is 1. The molecule has 0 heterocycles. The summed E-state index contributed by atoms with van der Waals surface area (Å²) in [6.45, 7) is 2.38. The third-order valence-corrected chi connectivity index (χ3v) is 3.71. The van der Waals surface area contributed by atoms with Gasteiger partial charge in [0, 0.05) is 12.1 Å². The smallest absolute Gasteiger partial charge is 0.00696 e. The van der Waals surface area contributed by atoms with E-state index in [2.05, 4.69) is 12.2 Å². The van der Waals surface area contributed by atoms with Crippen LogP contribution < -0.4 is 5.32 Å². The number of nitrogens with one attached hydrogen (secondary N) is 1. The van der Waals surface area contributed by atoms with E-state index in [1.807, 2.05) is 0 Å². The van der Waals surface area contributed by atoms with E-state index >= 15 is 0 Å². The van der Waals surface area contributed by atoms with Crippen LogP contribution in [0, 0.1) is 5.92 Å². The summed E-state index contributed by atoms with van der Waals surface area (Å²) < 4.78 is 0. The van der Waals surface area contributed by atoms with Gasteiger partial charge in [0.25, 0.3) is 0 Å². The molecule has 0 aromatic heterocycles. The molecule has 70 valence electrons. The fourth-order valence-corrected chi connectivity index (χ4v) is 2.54. The topological polar surface area (TPSA) is 12.0 Å². The van der Waals surface area contributed by atoms with E-state index in [-0.39, 0.29) is 0 Å². The minimum absolute atomic E-state index is 0.790. The lowest BCUT2D eigenvalue weighted by atomic mass is 9.90. The molecule has 0 amide bonds. The van der Waals surface area contributed by atoms with E-state index in [1.165, 1.54) is 44.9 Å². The lowest BCUT2D eigenvalue weighted by Crippen LogP contribution is -2.43. The maximum atomic E-state index is 3.76. The van der Waals surface area contributed by atoms with Crippen LogP contribution in [0.5, 0.6) is 0 Å². The Balaban J connectivity index is 1.71. The highest BCUT2D eigenvalue weighted by atomic mass is 15.0. The van der Waals surface area contributed by atoms with Crippen molar-refractivity contribution in [2.24, 2.45) is 5.92 Å². The standard InChI is InChI=1S/C11H21N/c1-9(10-5-2-3-6-10)12-11-7-4-8-11/h9-12H,2-8H2,1H3/t9-/m0/s1. The second kappa shape index (κ2) is 3.78. The molecule has 0 bridgehead atoms. The summed E-state index contributed by atoms with van der Waals surface area (Å²) in [4.78, 5) is 0. The van der Waals surface area contributed by atoms with Crippen LogP contribution in [-0.2, 0) is 0 Å². The molecule has 0 spiro atoms. The molecule has 2 saturated carbocycles. The van der Waals surface area contributed by atoms with Crippen LogP contribution in [-0.4, -0.2) is 12.1 Å². The Kier molecular flexibility index (Phi) is 2.69. The van der Waals surface area contributed by atoms with Crippen molar-refractivity contribution in [3.63, 3.8) is 0 Å². The van der Waals surface area contributed by atoms with Crippen molar-refractivity contribution in [1.29, 1.82) is 0 Å². The second-order valence-electron chi connectivity index (χ2n) is 4.63. The summed E-state index contributed by atoms with van der Waals surface area (Å²) >= 11 is 0. The molecule has 0 aliphatic heterocycles. The van der Waals surface area contributed by atoms with Crippen LogP contribution in [0.25, 0.3) is 0 Å². The quantitative estimate of drug-likeness (QED) is 0.681. The van der Waals surface area contributed by atoms with Crippen LogP contribution in [0.2, 0.25) is 0 Å². The Bertz CT molecular complexity index is 134. The van der Waals surface area contributed by atoms with Gasteiger partial charge in [0.2, 0.25) is 0 Å². The zero-order valence-corrected chi connectivity index (χ0v) is 8.18. The predicted molar refractivity (Wildman–Crippen MR) is 52.2 cm³/mol. The van der Waals surface area contributed by atoms with Crippen molar-refractivity contribution in [2.45, 2.75) is 64.0 Å². The fourth-order valence-electron chi connectivity index (χ4n) is 2.54. The van der Waals surface area contributed by atoms with Gasteiger partial charge in [-0.05, 0) is 38.5 Å². The second-order valence-corrected chi connectivity index (χ2v) is 4.63. The molecule has 1 N–H and O–H groups in total. The SMILES string of the molecule is C[C@H](NC1CCC1)C1CCCC1. The van der Waals surface area contributed by atoms with Crippen molar-refractivity contribution >= 4 is 0 Å². The van der Waals surface area contributed by atoms with Crippen molar-refractivity contribution in [2.75, 3.05) is 0 Å². The first-order valence-corrected chi connectivity index (χ1v) is 5.62. The molecule has 0 unspecified atom stereocenters. The zero-order chi connectivity index (χ0) is 8.39. The van der Waals surface area contributed by atoms with Gasteiger partial charge in [-0.1, -0.05) is 19.3 Å². The number of hydrogen-bond donors (Lipinski definition) is 1. The van der Waals surface area contributed by atoms with Crippen LogP contribution in [0.15, 0.2) is 0 Å². The molecule has 2 rings (SSSR count). The Morgan fingerprint density at radius 2 is 1.67 bits per heavy atom. The van der Waals surface area contributed by atoms with Gasteiger partial charge in [0.1, 0.15) is 0 Å². The lowest BCUT2D eigenvalue weighted by molar-refractivity contribution is 0.267. The maximum absolute atomic E-state index is 3.76. The van der Waals surface area contributed by atoms with E-state index in [4.69, 9.17) is 0 Å². The normalized spacial score (nSPS) is 28.8. The Labute approximate surface area is 75.9 Å². The molecular weight excluding hydrogens is 146 g/mol. The van der Waals surface area contributed by atoms with Crippen LogP contribution >= 0.6 is 0 Å². The summed E-state index contributed by atoms with van der Waals surface area (Å²) in [5.41, 5.74) is 0. The first-order chi connectivity index (χ1) is 5.86. The first-order valence-electron chi connectivity index (χ1n) is 5.62. The molecular formula is C11H21N. The highest BCUT2D eigenvalue weighted by molar-refractivity contribution is 4.84. The van der Waals surface area contributed by atoms with Crippen LogP contribution in [0.1, 0.15) is 51.9 Å². The zero-order valence-electron chi connectivity index (χ0n) is 8.18. The molecule has 12 heavy (non-hydrogen) atoms. The first kappa shape index (κ1) is 8.55. The highest BCUT2D eigenvalue weighted by Gasteiger charge is 2.25. The Morgan fingerprint density at radius 1 is 1.00 bits per heavy atom. The molecule has 1 heteroatoms. The highest BCUT2D eigenvalue weighted by Crippen LogP contribution is 2.29. The van der Waals surface area contributed by atoms with Crippen molar-refractivity contribution in [3.8, 4) is 0 Å². The van der Waals surface area contributed by atoms with E-state index in [0.29, 0.717) is 0 Å². The molecule has 2 aliphatic carbocycles. The monoisotopic (exact) mass is 167 g/mol. The molecule has 0 saturated heterocycles. The van der Waals surface area contributed by atoms with Gasteiger partial charge in [-0.25, -0.2) is 0 Å². The molecule has 2 aliphatic rings. The van der Waals surface area contributed by atoms with Gasteiger partial charge in [0.05, 0.1) is 0 Å². The third-order valence-electron chi connectivity index (χ3n) is 3.71. The maximum Gasteiger partial charge on any atom is 0.00696 e. The number of rotatable bonds is 3. The van der Waals surface area contributed by atoms with Gasteiger partial charge in [-0.15, -0.1) is 0 Å². The van der Waals surface area contributed by atoms with Gasteiger partial charge >= 0.3 is 0 Å². The minimum atomic E-state index is 0.790. The van der Waals surface area contributed by atoms with Crippen molar-refractivity contribution in [1.82, 2.24) is 5.32 Å². The van der Waals surface area contributed by atoms with Crippen LogP contribution in [0.3, 0.4) is 0 Å². The van der Waals surface area contributed by atoms with E-state index in [9.17, 15) is 0 Å². The van der Waals surface area contributed by atoms with Crippen molar-refractivity contribution in [3.05, 3.63) is 0 Å². The molecule has 1 atom stereocenters. The van der Waals surface area contributed by atoms with E-state index in [0.717, 1.165) is 18.0 Å². The summed E-state index contributed by atoms with van der Waals surface area (Å²) in [6, 6.07) is 1.67. The minimum Gasteiger partial charge on any atom is -0.311 e. The van der Waals surface area contributed by atoms with Crippen molar-refractivity contribution < 1.29 is 0 Å². The van der Waals surface area contributed by atoms with E-state index in [1.54, 1.807) is 0 Å². The lowest BCUT2D eigenvalue weighted by Gasteiger charge is -2.32. The Hall–Kier alpha value is -0.0400. The average molecular weight is 167 g/mol. The molecule has 2 fully saturated rings. The fraction of sp³-hybridized carbons (Fsp3) is 1.00. The molecule has 0 radical (unpaired) electrons. The summed E-state index contributed by atoms with van der Waals surface area (Å²) in [6.07, 6.45) is 10.2. The Morgan fingerprint density at radius 3 is 2.17 bits per heavy atom. The van der Waals surface area contributed by atoms with Gasteiger partial charge < -0.3 is 5.32 Å². The summed E-state index contributed by atoms with van der Waals surface area (Å²) in [5.74, 6) is 0.991. The molecule has 1 nitrogen and oxygen atoms in total. The largest absolute Gasteiger partial charge is 0.311 e. The predicted octanol–water partition coefficient (Wildman–Crippen LogP) is 2.71. The summed E-state index contributed by atoms with van der Waals surface area (Å²) in [7, 11) is 0. The van der Waals surface area contributed by atoms with E-state index < -0.39 is 0 Å². The van der Waals surface area contributed by atoms with Crippen LogP contribution in [0.4, 0.5) is 0 Å². The third kappa shape index (κ3) is 1.82. The average Bonchev–Trinajstić information content (AvgIpc) is 2.47. The van der Waals surface area contributed by atoms with Gasteiger partial charge in [-0.3, -0.25) is 0 Å². The molecule has 0 aromatic carbocycles. The molecule has 0 aromatic rings. The summed E-state index contributed by atoms with van der Waals surface area (Å²) in [5, 5.41) is 3.76. The van der Waals surface area contributed by atoms with Gasteiger partial charge in [-0.2, -0.15) is 0 Å². The van der Waals surface area contributed by atoms with Gasteiger partial charge in [0.15, 0.2) is 0 Å².